The maximum atomic E-state index is 13.6. The number of hydrogen-bond donors (Lipinski definition) is 1. The summed E-state index contributed by atoms with van der Waals surface area (Å²) >= 11 is 0. The number of carbonyl (C=O) groups is 3. The summed E-state index contributed by atoms with van der Waals surface area (Å²) in [7, 11) is -2.12. The fourth-order valence-electron chi connectivity index (χ4n) is 5.04. The normalized spacial score (nSPS) is 21.5. The first-order chi connectivity index (χ1) is 18.2. The Labute approximate surface area is 244 Å². The van der Waals surface area contributed by atoms with Crippen LogP contribution in [-0.2, 0) is 18.8 Å². The maximum Gasteiger partial charge on any atom is 0.416 e. The topological polar surface area (TPSA) is 93.1 Å². The number of rotatable bonds is 14. The fourth-order valence-corrected chi connectivity index (χ4v) is 6.40. The number of hydrogen-bond acceptors (Lipinski definition) is 6. The van der Waals surface area contributed by atoms with E-state index in [-0.39, 0.29) is 53.2 Å². The molecule has 1 N–H and O–H groups in total. The third-order valence-electron chi connectivity index (χ3n) is 9.01. The summed E-state index contributed by atoms with van der Waals surface area (Å²) in [6.07, 6.45) is 1.31. The van der Waals surface area contributed by atoms with E-state index >= 15 is 0 Å². The van der Waals surface area contributed by atoms with E-state index in [1.165, 1.54) is 4.90 Å². The molecular weight excluding hydrogens is 522 g/mol. The van der Waals surface area contributed by atoms with Crippen LogP contribution in [0.5, 0.6) is 0 Å². The molecule has 0 spiro atoms. The van der Waals surface area contributed by atoms with Crippen LogP contribution in [0.2, 0.25) is 18.1 Å². The number of allylic oxidation sites excluding steroid dienone is 2. The third kappa shape index (κ3) is 8.86. The van der Waals surface area contributed by atoms with Crippen molar-refractivity contribution in [3.05, 3.63) is 23.8 Å². The number of aliphatic hydroxyl groups excluding tert-OH is 1. The zero-order chi connectivity index (χ0) is 31.3. The highest BCUT2D eigenvalue weighted by atomic mass is 28.4. The zero-order valence-electron chi connectivity index (χ0n) is 27.5. The van der Waals surface area contributed by atoms with Crippen molar-refractivity contribution in [1.82, 2.24) is 4.90 Å². The van der Waals surface area contributed by atoms with Crippen molar-refractivity contribution in [3.8, 4) is 0 Å². The summed E-state index contributed by atoms with van der Waals surface area (Å²) in [5.74, 6) is -1.94. The van der Waals surface area contributed by atoms with E-state index < -0.39 is 32.3 Å². The molecule has 230 valence electrons. The van der Waals surface area contributed by atoms with Crippen LogP contribution in [0.25, 0.3) is 0 Å². The molecule has 1 heterocycles. The van der Waals surface area contributed by atoms with Crippen molar-refractivity contribution >= 4 is 26.1 Å². The average Bonchev–Trinajstić information content (AvgIpc) is 3.25. The molecule has 7 atom stereocenters. The highest BCUT2D eigenvalue weighted by Gasteiger charge is 2.44. The van der Waals surface area contributed by atoms with Crippen LogP contribution in [0.1, 0.15) is 89.0 Å². The molecule has 0 aromatic heterocycles. The molecule has 1 aliphatic heterocycles. The van der Waals surface area contributed by atoms with Gasteiger partial charge in [-0.05, 0) is 55.3 Å². The molecule has 7 nitrogen and oxygen atoms in total. The summed E-state index contributed by atoms with van der Waals surface area (Å²) in [5, 5.41) is 11.0. The van der Waals surface area contributed by atoms with Gasteiger partial charge in [0.15, 0.2) is 8.32 Å². The highest BCUT2D eigenvalue weighted by molar-refractivity contribution is 6.74. The molecule has 1 aliphatic rings. The summed E-state index contributed by atoms with van der Waals surface area (Å²) in [4.78, 5) is 40.1. The molecule has 0 aliphatic carbocycles. The Morgan fingerprint density at radius 2 is 1.70 bits per heavy atom. The summed E-state index contributed by atoms with van der Waals surface area (Å²) in [5.41, 5.74) is 1.91. The molecule has 0 bridgehead atoms. The number of ketones is 1. The van der Waals surface area contributed by atoms with Gasteiger partial charge in [0.25, 0.3) is 0 Å². The minimum Gasteiger partial charge on any atom is -0.447 e. The van der Waals surface area contributed by atoms with Crippen molar-refractivity contribution < 1.29 is 28.7 Å². The van der Waals surface area contributed by atoms with E-state index in [1.54, 1.807) is 6.92 Å². The lowest BCUT2D eigenvalue weighted by Gasteiger charge is -2.41. The van der Waals surface area contributed by atoms with E-state index in [2.05, 4.69) is 40.4 Å². The molecule has 1 fully saturated rings. The molecule has 8 heteroatoms. The van der Waals surface area contributed by atoms with Crippen LogP contribution < -0.4 is 0 Å². The summed E-state index contributed by atoms with van der Waals surface area (Å²) in [6.45, 7) is 30.6. The fraction of sp³-hybridized carbons (Fsp3) is 0.781. The second kappa shape index (κ2) is 14.4. The minimum atomic E-state index is -2.12. The number of carbonyl (C=O) groups excluding carboxylic acids is 3. The van der Waals surface area contributed by atoms with Gasteiger partial charge in [0.1, 0.15) is 12.4 Å². The van der Waals surface area contributed by atoms with Crippen LogP contribution in [-0.4, -0.2) is 61.0 Å². The lowest BCUT2D eigenvalue weighted by molar-refractivity contribution is -0.138. The van der Waals surface area contributed by atoms with Gasteiger partial charge in [-0.2, -0.15) is 0 Å². The standard InChI is InChI=1S/C32H57NO6Si/c1-15-21(5)29(39-40(13,14)32(10,11)12)24(8)27(34)22(6)16-20(4)17-23(7)28(35)25(9)30(36)33-26(19(2)3)18-38-31(33)37/h16,19,22-26,28-29,35H,5,15,17-18H2,1-4,6-14H3/b20-16+/t22-,23-,24-,25+,26+,28+,29-/m1/s1. The Hall–Kier alpha value is -1.77. The highest BCUT2D eigenvalue weighted by Crippen LogP contribution is 2.39. The predicted octanol–water partition coefficient (Wildman–Crippen LogP) is 7.16. The Morgan fingerprint density at radius 1 is 1.15 bits per heavy atom. The number of nitrogens with zero attached hydrogens (tertiary/aromatic N) is 1. The summed E-state index contributed by atoms with van der Waals surface area (Å²) < 4.78 is 11.8. The van der Waals surface area contributed by atoms with Crippen LogP contribution >= 0.6 is 0 Å². The van der Waals surface area contributed by atoms with Crippen molar-refractivity contribution in [3.63, 3.8) is 0 Å². The van der Waals surface area contributed by atoms with Gasteiger partial charge in [-0.25, -0.2) is 9.69 Å². The monoisotopic (exact) mass is 579 g/mol. The lowest BCUT2D eigenvalue weighted by atomic mass is 9.84. The number of ether oxygens (including phenoxy) is 1. The van der Waals surface area contributed by atoms with Crippen LogP contribution in [0, 0.1) is 29.6 Å². The van der Waals surface area contributed by atoms with Gasteiger partial charge in [0, 0.05) is 11.8 Å². The lowest BCUT2D eigenvalue weighted by Crippen LogP contribution is -2.47. The largest absolute Gasteiger partial charge is 0.447 e. The number of imide groups is 1. The molecule has 0 saturated carbocycles. The van der Waals surface area contributed by atoms with E-state index in [0.717, 1.165) is 17.6 Å². The minimum absolute atomic E-state index is 0.0183. The van der Waals surface area contributed by atoms with Gasteiger partial charge >= 0.3 is 6.09 Å². The van der Waals surface area contributed by atoms with Crippen molar-refractivity contribution in [2.45, 2.75) is 125 Å². The summed E-state index contributed by atoms with van der Waals surface area (Å²) in [6, 6.07) is -0.325. The second-order valence-electron chi connectivity index (χ2n) is 13.9. The number of cyclic esters (lactones) is 1. The molecule has 40 heavy (non-hydrogen) atoms. The van der Waals surface area contributed by atoms with Crippen LogP contribution in [0.3, 0.4) is 0 Å². The van der Waals surface area contributed by atoms with Crippen LogP contribution in [0.15, 0.2) is 23.8 Å². The van der Waals surface area contributed by atoms with Gasteiger partial charge in [-0.1, -0.05) is 87.5 Å². The van der Waals surface area contributed by atoms with Gasteiger partial charge in [0.2, 0.25) is 5.91 Å². The second-order valence-corrected chi connectivity index (χ2v) is 18.6. The maximum absolute atomic E-state index is 13.6. The van der Waals surface area contributed by atoms with Gasteiger partial charge in [-0.3, -0.25) is 9.59 Å². The first-order valence-corrected chi connectivity index (χ1v) is 17.8. The smallest absolute Gasteiger partial charge is 0.416 e. The van der Waals surface area contributed by atoms with Crippen LogP contribution in [0.4, 0.5) is 4.79 Å². The number of aliphatic hydroxyl groups is 1. The van der Waals surface area contributed by atoms with Crippen molar-refractivity contribution in [2.75, 3.05) is 6.61 Å². The molecule has 0 unspecified atom stereocenters. The van der Waals surface area contributed by atoms with Crippen molar-refractivity contribution in [1.29, 1.82) is 0 Å². The molecular formula is C32H57NO6Si. The van der Waals surface area contributed by atoms with Gasteiger partial charge in [-0.15, -0.1) is 0 Å². The predicted molar refractivity (Wildman–Crippen MR) is 164 cm³/mol. The average molecular weight is 580 g/mol. The number of Topliss-reactive ketones (excluding diaryl/α,β-unsaturated/α-hetero) is 1. The van der Waals surface area contributed by atoms with E-state index in [1.807, 2.05) is 54.5 Å². The first-order valence-electron chi connectivity index (χ1n) is 14.9. The van der Waals surface area contributed by atoms with Gasteiger partial charge in [0.05, 0.1) is 24.2 Å². The number of amides is 2. The SMILES string of the molecule is C=C(CC)[C@@H](O[Si](C)(C)C(C)(C)C)[C@H](C)C(=O)[C@H](C)/C=C(\C)C[C@@H](C)[C@H](O)[C@H](C)C(=O)N1C(=O)OC[C@H]1C(C)C. The Balaban J connectivity index is 2.96. The van der Waals surface area contributed by atoms with E-state index in [0.29, 0.717) is 6.42 Å². The molecule has 1 rings (SSSR count). The zero-order valence-corrected chi connectivity index (χ0v) is 28.5. The van der Waals surface area contributed by atoms with Crippen molar-refractivity contribution in [2.24, 2.45) is 29.6 Å². The first kappa shape index (κ1) is 36.3. The molecule has 0 aromatic rings. The van der Waals surface area contributed by atoms with Gasteiger partial charge < -0.3 is 14.3 Å². The molecule has 1 saturated heterocycles. The van der Waals surface area contributed by atoms with E-state index in [4.69, 9.17) is 9.16 Å². The van der Waals surface area contributed by atoms with E-state index in [9.17, 15) is 19.5 Å². The Kier molecular flexibility index (Phi) is 13.1. The quantitative estimate of drug-likeness (QED) is 0.173. The Bertz CT molecular complexity index is 950. The molecule has 2 amide bonds. The Morgan fingerprint density at radius 3 is 2.17 bits per heavy atom. The third-order valence-corrected chi connectivity index (χ3v) is 13.5. The molecule has 0 aromatic carbocycles. The molecule has 0 radical (unpaired) electrons.